The second-order valence-electron chi connectivity index (χ2n) is 4.05. The van der Waals surface area contributed by atoms with Crippen LogP contribution in [0.5, 0.6) is 0 Å². The first-order valence-electron chi connectivity index (χ1n) is 6.49. The average molecular weight is 390 g/mol. The first-order chi connectivity index (χ1) is 11.6. The molecule has 136 valence electrons. The first kappa shape index (κ1) is 22.8. The van der Waals surface area contributed by atoms with Crippen LogP contribution in [-0.2, 0) is 33.9 Å². The van der Waals surface area contributed by atoms with Crippen molar-refractivity contribution in [2.45, 2.75) is 25.4 Å². The van der Waals surface area contributed by atoms with Crippen LogP contribution in [0.4, 0.5) is 0 Å². The molecule has 25 heavy (non-hydrogen) atoms. The number of rotatable bonds is 10. The molecule has 0 saturated carbocycles. The van der Waals surface area contributed by atoms with Crippen molar-refractivity contribution in [1.82, 2.24) is 0 Å². The van der Waals surface area contributed by atoms with Crippen LogP contribution in [0.25, 0.3) is 0 Å². The number of hydrogen-bond donors (Lipinski definition) is 2. The molecule has 0 rings (SSSR count). The van der Waals surface area contributed by atoms with Crippen molar-refractivity contribution in [3.63, 3.8) is 0 Å². The van der Waals surface area contributed by atoms with E-state index in [4.69, 9.17) is 20.3 Å². The first-order valence-corrected chi connectivity index (χ1v) is 9.22. The molecule has 0 fully saturated rings. The Hall–Kier alpha value is -2.22. The van der Waals surface area contributed by atoms with Crippen LogP contribution < -0.4 is 0 Å². The fourth-order valence-corrected chi connectivity index (χ4v) is 2.19. The molecule has 0 aliphatic heterocycles. The highest BCUT2D eigenvalue weighted by molar-refractivity contribution is 7.81. The number of ether oxygens (including phenoxy) is 1. The lowest BCUT2D eigenvalue weighted by molar-refractivity contribution is 0.126. The topological polar surface area (TPSA) is 136 Å². The fraction of sp³-hybridized carbons (Fsp3) is 0.429. The van der Waals surface area contributed by atoms with E-state index in [1.807, 2.05) is 0 Å². The maximum absolute atomic E-state index is 10.7. The zero-order valence-electron chi connectivity index (χ0n) is 12.8. The van der Waals surface area contributed by atoms with Gasteiger partial charge in [-0.3, -0.25) is 9.11 Å². The number of hydrogen-bond acceptors (Lipinski definition) is 7. The molecule has 0 heterocycles. The summed E-state index contributed by atoms with van der Waals surface area (Å²) in [5, 5.41) is 0. The summed E-state index contributed by atoms with van der Waals surface area (Å²) in [6, 6.07) is 0. The Morgan fingerprint density at radius 3 is 2.12 bits per heavy atom. The molecule has 0 saturated heterocycles. The normalized spacial score (nSPS) is 11.4. The van der Waals surface area contributed by atoms with E-state index in [-0.39, 0.29) is 32.5 Å². The van der Waals surface area contributed by atoms with E-state index in [1.54, 1.807) is 0 Å². The van der Waals surface area contributed by atoms with Crippen molar-refractivity contribution in [2.24, 2.45) is 0 Å². The van der Waals surface area contributed by atoms with Crippen molar-refractivity contribution in [2.75, 3.05) is 13.2 Å². The van der Waals surface area contributed by atoms with Crippen molar-refractivity contribution in [1.29, 1.82) is 0 Å². The third kappa shape index (κ3) is 18.0. The smallest absolute Gasteiger partial charge is 0.397 e. The summed E-state index contributed by atoms with van der Waals surface area (Å²) in [5.74, 6) is 13.6. The molecular formula is C14H14O9S2. The van der Waals surface area contributed by atoms with Crippen LogP contribution in [0.1, 0.15) is 19.3 Å². The molecule has 0 radical (unpaired) electrons. The molecular weight excluding hydrogens is 376 g/mol. The van der Waals surface area contributed by atoms with E-state index in [9.17, 15) is 16.8 Å². The van der Waals surface area contributed by atoms with Crippen molar-refractivity contribution >= 4 is 20.8 Å². The van der Waals surface area contributed by atoms with Gasteiger partial charge >= 0.3 is 20.8 Å². The molecule has 0 amide bonds. The van der Waals surface area contributed by atoms with Crippen LogP contribution in [0, 0.1) is 48.1 Å². The molecule has 0 aromatic heterocycles. The summed E-state index contributed by atoms with van der Waals surface area (Å²) in [7, 11) is -9.28. The van der Waals surface area contributed by atoms with Gasteiger partial charge in [-0.15, -0.1) is 6.42 Å². The van der Waals surface area contributed by atoms with Crippen LogP contribution in [0.3, 0.4) is 0 Å². The van der Waals surface area contributed by atoms with Gasteiger partial charge in [0.15, 0.2) is 0 Å². The minimum absolute atomic E-state index is 0.00752. The summed E-state index contributed by atoms with van der Waals surface area (Å²) in [6.45, 7) is -0.441. The molecule has 0 aromatic carbocycles. The predicted octanol–water partition coefficient (Wildman–Crippen LogP) is -0.218. The minimum atomic E-state index is -4.70. The Kier molecular flexibility index (Phi) is 11.1. The standard InChI is InChI=1S/C14H14O9S2/c1-2-3-4-5-6-7-11-21-13-10-14(23-25(18,19)20)9-8-12-22-24(15,16)17/h1,14H,8-10,12-13H2,(H,15,16,17)(H,18,19,20). The van der Waals surface area contributed by atoms with Gasteiger partial charge in [-0.1, -0.05) is 0 Å². The fourth-order valence-electron chi connectivity index (χ4n) is 1.32. The van der Waals surface area contributed by atoms with Crippen molar-refractivity contribution in [3.8, 4) is 48.1 Å². The summed E-state index contributed by atoms with van der Waals surface area (Å²) in [5.41, 5.74) is 0. The molecule has 1 unspecified atom stereocenters. The SMILES string of the molecule is C#CC#CC#CC#COCCC(CCCOS(=O)(=O)O)OS(=O)(=O)O. The van der Waals surface area contributed by atoms with Gasteiger partial charge in [-0.2, -0.15) is 16.8 Å². The molecule has 0 aliphatic carbocycles. The Bertz CT molecular complexity index is 847. The number of terminal acetylenes is 1. The zero-order valence-corrected chi connectivity index (χ0v) is 14.4. The molecule has 9 nitrogen and oxygen atoms in total. The predicted molar refractivity (Wildman–Crippen MR) is 85.9 cm³/mol. The highest BCUT2D eigenvalue weighted by atomic mass is 32.3. The molecule has 0 spiro atoms. The van der Waals surface area contributed by atoms with Gasteiger partial charge in [0.25, 0.3) is 0 Å². The molecule has 2 N–H and O–H groups in total. The van der Waals surface area contributed by atoms with Gasteiger partial charge in [0, 0.05) is 24.2 Å². The van der Waals surface area contributed by atoms with Gasteiger partial charge in [-0.25, -0.2) is 8.37 Å². The lowest BCUT2D eigenvalue weighted by Gasteiger charge is -2.14. The average Bonchev–Trinajstić information content (AvgIpc) is 2.47. The van der Waals surface area contributed by atoms with E-state index in [2.05, 4.69) is 50.0 Å². The summed E-state index contributed by atoms with van der Waals surface area (Å²) in [4.78, 5) is 0. The Labute approximate surface area is 146 Å². The molecule has 0 bridgehead atoms. The monoisotopic (exact) mass is 390 g/mol. The second kappa shape index (κ2) is 12.2. The summed E-state index contributed by atoms with van der Waals surface area (Å²) in [6.07, 6.45) is 6.14. The van der Waals surface area contributed by atoms with Gasteiger partial charge in [0.1, 0.15) is 12.7 Å². The zero-order chi connectivity index (χ0) is 19.2. The second-order valence-corrected chi connectivity index (χ2v) is 6.19. The Morgan fingerprint density at radius 2 is 1.52 bits per heavy atom. The lowest BCUT2D eigenvalue weighted by Crippen LogP contribution is -2.20. The van der Waals surface area contributed by atoms with Crippen LogP contribution >= 0.6 is 0 Å². The van der Waals surface area contributed by atoms with E-state index >= 15 is 0 Å². The highest BCUT2D eigenvalue weighted by Crippen LogP contribution is 2.11. The lowest BCUT2D eigenvalue weighted by atomic mass is 10.1. The molecule has 0 aliphatic rings. The maximum Gasteiger partial charge on any atom is 0.397 e. The Morgan fingerprint density at radius 1 is 0.880 bits per heavy atom. The summed E-state index contributed by atoms with van der Waals surface area (Å²) < 4.78 is 72.6. The van der Waals surface area contributed by atoms with E-state index in [1.165, 1.54) is 0 Å². The van der Waals surface area contributed by atoms with Gasteiger partial charge < -0.3 is 4.74 Å². The molecule has 0 aromatic rings. The van der Waals surface area contributed by atoms with E-state index in [0.29, 0.717) is 0 Å². The van der Waals surface area contributed by atoms with Gasteiger partial charge in [0.05, 0.1) is 12.7 Å². The third-order valence-corrected chi connectivity index (χ3v) is 3.13. The van der Waals surface area contributed by atoms with Gasteiger partial charge in [-0.05, 0) is 30.6 Å². The quantitative estimate of drug-likeness (QED) is 0.295. The third-order valence-electron chi connectivity index (χ3n) is 2.15. The van der Waals surface area contributed by atoms with E-state index < -0.39 is 26.9 Å². The van der Waals surface area contributed by atoms with Crippen LogP contribution in [0.15, 0.2) is 0 Å². The molecule has 1 atom stereocenters. The largest absolute Gasteiger partial charge is 0.446 e. The Balaban J connectivity index is 4.34. The van der Waals surface area contributed by atoms with E-state index in [0.717, 1.165) is 0 Å². The van der Waals surface area contributed by atoms with Crippen molar-refractivity contribution < 1.29 is 39.0 Å². The highest BCUT2D eigenvalue weighted by Gasteiger charge is 2.17. The van der Waals surface area contributed by atoms with Crippen LogP contribution in [0.2, 0.25) is 0 Å². The van der Waals surface area contributed by atoms with Crippen LogP contribution in [-0.4, -0.2) is 45.3 Å². The van der Waals surface area contributed by atoms with Crippen molar-refractivity contribution in [3.05, 3.63) is 0 Å². The van der Waals surface area contributed by atoms with Gasteiger partial charge in [0.2, 0.25) is 0 Å². The molecule has 11 heteroatoms. The maximum atomic E-state index is 10.7. The minimum Gasteiger partial charge on any atom is -0.446 e. The summed E-state index contributed by atoms with van der Waals surface area (Å²) >= 11 is 0.